The quantitative estimate of drug-likeness (QED) is 0.433. The Hall–Kier alpha value is -0.430. The predicted octanol–water partition coefficient (Wildman–Crippen LogP) is -0.285. The summed E-state index contributed by atoms with van der Waals surface area (Å²) in [5.41, 5.74) is 0. The van der Waals surface area contributed by atoms with Gasteiger partial charge in [0.05, 0.1) is 6.10 Å². The Morgan fingerprint density at radius 3 is 1.42 bits per heavy atom. The van der Waals surface area contributed by atoms with Crippen molar-refractivity contribution in [1.29, 1.82) is 0 Å². The molecule has 0 unspecified atom stereocenters. The summed E-state index contributed by atoms with van der Waals surface area (Å²) in [5, 5.41) is 2.62. The molecule has 0 N–H and O–H groups in total. The van der Waals surface area contributed by atoms with Crippen LogP contribution in [0.15, 0.2) is 48.5 Å². The minimum Gasteiger partial charge on any atom is -0.726 e. The molecule has 2 aromatic carbocycles. The molecule has 0 spiro atoms. The number of hydrogen-bond acceptors (Lipinski definition) is 4. The first-order valence-electron chi connectivity index (χ1n) is 5.46. The van der Waals surface area contributed by atoms with E-state index in [-0.39, 0.29) is 29.6 Å². The maximum atomic E-state index is 9.66. The molecule has 0 heterocycles. The van der Waals surface area contributed by atoms with E-state index in [2.05, 4.69) is 52.7 Å². The van der Waals surface area contributed by atoms with Crippen molar-refractivity contribution in [2.75, 3.05) is 0 Å². The second-order valence-electron chi connectivity index (χ2n) is 3.90. The van der Waals surface area contributed by atoms with E-state index in [9.17, 15) is 13.0 Å². The Morgan fingerprint density at radius 1 is 0.947 bits per heavy atom. The van der Waals surface area contributed by atoms with E-state index in [0.29, 0.717) is 0 Å². The zero-order valence-corrected chi connectivity index (χ0v) is 14.1. The van der Waals surface area contributed by atoms with Crippen LogP contribution in [0.5, 0.6) is 0 Å². The first kappa shape index (κ1) is 18.6. The zero-order valence-electron chi connectivity index (χ0n) is 11.2. The van der Waals surface area contributed by atoms with Crippen LogP contribution < -0.4 is 29.6 Å². The summed E-state index contributed by atoms with van der Waals surface area (Å²) in [6.07, 6.45) is -0.558. The molecule has 0 saturated carbocycles. The van der Waals surface area contributed by atoms with E-state index in [0.717, 1.165) is 0 Å². The summed E-state index contributed by atoms with van der Waals surface area (Å²) >= 11 is 0. The molecule has 0 radical (unpaired) electrons. The van der Waals surface area contributed by atoms with Crippen LogP contribution in [0.3, 0.4) is 0 Å². The minimum atomic E-state index is -4.47. The Morgan fingerprint density at radius 2 is 1.26 bits per heavy atom. The summed E-state index contributed by atoms with van der Waals surface area (Å²) in [5.74, 6) is 0. The van der Waals surface area contributed by atoms with Gasteiger partial charge in [0.1, 0.15) is 0 Å². The maximum absolute atomic E-state index is 9.66. The average Bonchev–Trinajstić information content (AvgIpc) is 2.27. The van der Waals surface area contributed by atoms with Crippen LogP contribution in [0.4, 0.5) is 0 Å². The van der Waals surface area contributed by atoms with Gasteiger partial charge in [-0.2, -0.15) is 0 Å². The summed E-state index contributed by atoms with van der Waals surface area (Å²) in [6.45, 7) is 2.94. The smallest absolute Gasteiger partial charge is 0.726 e. The first-order chi connectivity index (χ1) is 8.38. The Bertz CT molecular complexity index is 531. The predicted molar refractivity (Wildman–Crippen MR) is 69.9 cm³/mol. The number of rotatable bonds is 2. The van der Waals surface area contributed by atoms with Crippen LogP contribution in [0.25, 0.3) is 10.8 Å². The molecule has 0 atom stereocenters. The van der Waals surface area contributed by atoms with Crippen molar-refractivity contribution in [2.24, 2.45) is 0 Å². The molecule has 98 valence electrons. The SMILES string of the molecule is CC(C)OS(=O)(=O)[O-].[Na+].c1ccc2ccccc2c1. The van der Waals surface area contributed by atoms with E-state index in [1.807, 2.05) is 0 Å². The van der Waals surface area contributed by atoms with Gasteiger partial charge >= 0.3 is 29.6 Å². The van der Waals surface area contributed by atoms with Crippen LogP contribution in [0.2, 0.25) is 0 Å². The molecule has 4 nitrogen and oxygen atoms in total. The number of benzene rings is 2. The van der Waals surface area contributed by atoms with Gasteiger partial charge in [0.25, 0.3) is 0 Å². The van der Waals surface area contributed by atoms with E-state index >= 15 is 0 Å². The fourth-order valence-electron chi connectivity index (χ4n) is 1.37. The van der Waals surface area contributed by atoms with E-state index in [1.165, 1.54) is 24.6 Å². The Labute approximate surface area is 136 Å². The molecule has 0 aliphatic heterocycles. The zero-order chi connectivity index (χ0) is 13.6. The van der Waals surface area contributed by atoms with Gasteiger partial charge in [0, 0.05) is 0 Å². The molecule has 0 aliphatic carbocycles. The van der Waals surface area contributed by atoms with Crippen molar-refractivity contribution < 1.29 is 46.7 Å². The van der Waals surface area contributed by atoms with Gasteiger partial charge in [0.2, 0.25) is 10.4 Å². The summed E-state index contributed by atoms with van der Waals surface area (Å²) < 4.78 is 32.8. The molecular formula is C13H15NaO4S. The summed E-state index contributed by atoms with van der Waals surface area (Å²) in [6, 6.07) is 16.7. The van der Waals surface area contributed by atoms with Crippen LogP contribution >= 0.6 is 0 Å². The molecule has 0 saturated heterocycles. The van der Waals surface area contributed by atoms with Crippen molar-refractivity contribution in [2.45, 2.75) is 20.0 Å². The van der Waals surface area contributed by atoms with Gasteiger partial charge in [-0.3, -0.25) is 4.18 Å². The Kier molecular flexibility index (Phi) is 8.49. The second kappa shape index (κ2) is 8.68. The summed E-state index contributed by atoms with van der Waals surface area (Å²) in [7, 11) is -4.47. The largest absolute Gasteiger partial charge is 1.00 e. The molecule has 2 aromatic rings. The van der Waals surface area contributed by atoms with Crippen molar-refractivity contribution in [3.63, 3.8) is 0 Å². The van der Waals surface area contributed by atoms with Crippen molar-refractivity contribution in [3.8, 4) is 0 Å². The normalized spacial score (nSPS) is 10.5. The molecule has 19 heavy (non-hydrogen) atoms. The third-order valence-electron chi connectivity index (χ3n) is 1.97. The third kappa shape index (κ3) is 8.36. The van der Waals surface area contributed by atoms with Gasteiger partial charge in [-0.25, -0.2) is 8.42 Å². The topological polar surface area (TPSA) is 66.4 Å². The summed E-state index contributed by atoms with van der Waals surface area (Å²) in [4.78, 5) is 0. The van der Waals surface area contributed by atoms with Gasteiger partial charge in [-0.15, -0.1) is 0 Å². The van der Waals surface area contributed by atoms with Crippen molar-refractivity contribution in [1.82, 2.24) is 0 Å². The van der Waals surface area contributed by atoms with Gasteiger partial charge < -0.3 is 4.55 Å². The number of fused-ring (bicyclic) bond motifs is 1. The van der Waals surface area contributed by atoms with Crippen LogP contribution in [0.1, 0.15) is 13.8 Å². The molecular weight excluding hydrogens is 275 g/mol. The van der Waals surface area contributed by atoms with Crippen molar-refractivity contribution >= 4 is 21.2 Å². The second-order valence-corrected chi connectivity index (χ2v) is 4.91. The number of hydrogen-bond donors (Lipinski definition) is 0. The van der Waals surface area contributed by atoms with Crippen LogP contribution in [-0.2, 0) is 14.6 Å². The fourth-order valence-corrected chi connectivity index (χ4v) is 1.84. The van der Waals surface area contributed by atoms with E-state index in [1.54, 1.807) is 0 Å². The molecule has 2 rings (SSSR count). The third-order valence-corrected chi connectivity index (χ3v) is 2.59. The fraction of sp³-hybridized carbons (Fsp3) is 0.231. The van der Waals surface area contributed by atoms with Gasteiger partial charge in [-0.05, 0) is 24.6 Å². The minimum absolute atomic E-state index is 0. The standard InChI is InChI=1S/C10H8.C3H8O4S.Na/c1-2-6-10-8-4-3-7-9(10)5-1;1-3(2)7-8(4,5)6;/h1-8H;3H,1-2H3,(H,4,5,6);/q;;+1/p-1. The first-order valence-corrected chi connectivity index (χ1v) is 6.80. The monoisotopic (exact) mass is 290 g/mol. The van der Waals surface area contributed by atoms with Crippen LogP contribution in [-0.4, -0.2) is 19.1 Å². The molecule has 0 fully saturated rings. The molecule has 0 aromatic heterocycles. The average molecular weight is 290 g/mol. The van der Waals surface area contributed by atoms with Crippen LogP contribution in [0, 0.1) is 0 Å². The molecule has 6 heteroatoms. The van der Waals surface area contributed by atoms with Crippen molar-refractivity contribution in [3.05, 3.63) is 48.5 Å². The van der Waals surface area contributed by atoms with E-state index < -0.39 is 16.5 Å². The Balaban J connectivity index is 0.000000335. The van der Waals surface area contributed by atoms with E-state index in [4.69, 9.17) is 0 Å². The van der Waals surface area contributed by atoms with Gasteiger partial charge in [0.15, 0.2) is 0 Å². The molecule has 0 amide bonds. The molecule has 0 bridgehead atoms. The molecule has 0 aliphatic rings. The van der Waals surface area contributed by atoms with Gasteiger partial charge in [-0.1, -0.05) is 48.5 Å². The maximum Gasteiger partial charge on any atom is 1.00 e.